The van der Waals surface area contributed by atoms with Gasteiger partial charge in [-0.3, -0.25) is 0 Å². The summed E-state index contributed by atoms with van der Waals surface area (Å²) >= 11 is 0. The van der Waals surface area contributed by atoms with E-state index < -0.39 is 0 Å². The van der Waals surface area contributed by atoms with Gasteiger partial charge in [-0.2, -0.15) is 0 Å². The van der Waals surface area contributed by atoms with Crippen molar-refractivity contribution in [2.45, 2.75) is 0 Å². The van der Waals surface area contributed by atoms with Gasteiger partial charge in [0.25, 0.3) is 0 Å². The Morgan fingerprint density at radius 2 is 0.845 bits per heavy atom. The van der Waals surface area contributed by atoms with Gasteiger partial charge in [-0.05, 0) is 104 Å². The molecule has 0 bridgehead atoms. The van der Waals surface area contributed by atoms with Crippen LogP contribution in [-0.4, -0.2) is 4.57 Å². The zero-order chi connectivity index (χ0) is 38.4. The van der Waals surface area contributed by atoms with Crippen LogP contribution in [0.3, 0.4) is 0 Å². The maximum Gasteiger partial charge on any atom is 0.0547 e. The lowest BCUT2D eigenvalue weighted by atomic mass is 9.97. The highest BCUT2D eigenvalue weighted by atomic mass is 15.1. The number of nitrogens with zero attached hydrogens (tertiary/aromatic N) is 2. The van der Waals surface area contributed by atoms with Crippen LogP contribution in [0, 0.1) is 0 Å². The molecule has 1 heterocycles. The SMILES string of the molecule is c1ccc(-c2ccc(-c3ccc(N(c4cccc(-c5cccc6c5c5ccccc5n6-c5ccccc5)c4)c4cc5ccccc5c5ccccc45)cc3)cc2)cc1. The lowest BCUT2D eigenvalue weighted by Gasteiger charge is -2.28. The molecular weight excluding hydrogens is 701 g/mol. The van der Waals surface area contributed by atoms with Crippen molar-refractivity contribution < 1.29 is 0 Å². The van der Waals surface area contributed by atoms with E-state index >= 15 is 0 Å². The highest BCUT2D eigenvalue weighted by Crippen LogP contribution is 2.45. The maximum absolute atomic E-state index is 2.44. The van der Waals surface area contributed by atoms with Crippen molar-refractivity contribution in [1.29, 1.82) is 0 Å². The van der Waals surface area contributed by atoms with Gasteiger partial charge in [0.05, 0.1) is 16.7 Å². The van der Waals surface area contributed by atoms with Gasteiger partial charge in [0, 0.05) is 33.2 Å². The van der Waals surface area contributed by atoms with E-state index in [4.69, 9.17) is 0 Å². The predicted molar refractivity (Wildman–Crippen MR) is 247 cm³/mol. The van der Waals surface area contributed by atoms with Gasteiger partial charge in [0.15, 0.2) is 0 Å². The molecule has 0 unspecified atom stereocenters. The van der Waals surface area contributed by atoms with E-state index in [1.165, 1.54) is 76.7 Å². The first-order chi connectivity index (χ1) is 28.8. The number of hydrogen-bond donors (Lipinski definition) is 0. The molecule has 11 rings (SSSR count). The summed E-state index contributed by atoms with van der Waals surface area (Å²) in [6.07, 6.45) is 0. The molecule has 11 aromatic rings. The van der Waals surface area contributed by atoms with Crippen molar-refractivity contribution in [3.8, 4) is 39.1 Å². The fourth-order valence-corrected chi connectivity index (χ4v) is 8.86. The molecule has 1 aromatic heterocycles. The Bertz CT molecular complexity index is 3250. The standard InChI is InChI=1S/C56H38N2/c1-3-15-39(16-4-1)40-29-31-41(32-30-40)42-33-35-46(36-34-42)57(55-38-44-17-7-8-22-48(44)50-23-9-10-24-51(50)55)47-21-13-18-43(37-47)49-26-14-28-54-56(49)52-25-11-12-27-53(52)58(54)45-19-5-2-6-20-45/h1-38H. The van der Waals surface area contributed by atoms with Crippen LogP contribution in [0.15, 0.2) is 231 Å². The van der Waals surface area contributed by atoms with Crippen LogP contribution in [0.5, 0.6) is 0 Å². The summed E-state index contributed by atoms with van der Waals surface area (Å²) in [5.41, 5.74) is 14.1. The van der Waals surface area contributed by atoms with Crippen molar-refractivity contribution in [2.24, 2.45) is 0 Å². The van der Waals surface area contributed by atoms with Gasteiger partial charge in [-0.15, -0.1) is 0 Å². The molecule has 0 saturated carbocycles. The number of hydrogen-bond acceptors (Lipinski definition) is 1. The lowest BCUT2D eigenvalue weighted by molar-refractivity contribution is 1.18. The van der Waals surface area contributed by atoms with E-state index in [1.54, 1.807) is 0 Å². The quantitative estimate of drug-likeness (QED) is 0.148. The monoisotopic (exact) mass is 738 g/mol. The van der Waals surface area contributed by atoms with E-state index in [1.807, 2.05) is 0 Å². The minimum Gasteiger partial charge on any atom is -0.310 e. The molecule has 0 amide bonds. The topological polar surface area (TPSA) is 8.17 Å². The maximum atomic E-state index is 2.44. The smallest absolute Gasteiger partial charge is 0.0547 e. The second-order valence-corrected chi connectivity index (χ2v) is 14.9. The van der Waals surface area contributed by atoms with Crippen LogP contribution in [0.4, 0.5) is 17.1 Å². The number of rotatable bonds is 7. The Hall–Kier alpha value is -7.68. The molecule has 0 saturated heterocycles. The van der Waals surface area contributed by atoms with Gasteiger partial charge in [0.1, 0.15) is 0 Å². The van der Waals surface area contributed by atoms with Crippen LogP contribution in [0.1, 0.15) is 0 Å². The van der Waals surface area contributed by atoms with E-state index in [0.29, 0.717) is 0 Å². The van der Waals surface area contributed by atoms with Crippen molar-refractivity contribution in [1.82, 2.24) is 4.57 Å². The summed E-state index contributed by atoms with van der Waals surface area (Å²) in [6.45, 7) is 0. The molecule has 0 aliphatic heterocycles. The van der Waals surface area contributed by atoms with Gasteiger partial charge < -0.3 is 9.47 Å². The molecule has 2 nitrogen and oxygen atoms in total. The summed E-state index contributed by atoms with van der Waals surface area (Å²) in [6, 6.07) is 83.7. The Labute approximate surface area is 338 Å². The third kappa shape index (κ3) is 5.74. The molecule has 0 atom stereocenters. The summed E-state index contributed by atoms with van der Waals surface area (Å²) in [5, 5.41) is 7.42. The molecular formula is C56H38N2. The number of anilines is 3. The Kier molecular flexibility index (Phi) is 8.19. The Morgan fingerprint density at radius 1 is 0.310 bits per heavy atom. The first kappa shape index (κ1) is 33.6. The third-order valence-corrected chi connectivity index (χ3v) is 11.6. The fourth-order valence-electron chi connectivity index (χ4n) is 8.86. The predicted octanol–water partition coefficient (Wildman–Crippen LogP) is 15.6. The third-order valence-electron chi connectivity index (χ3n) is 11.6. The molecule has 58 heavy (non-hydrogen) atoms. The van der Waals surface area contributed by atoms with E-state index in [9.17, 15) is 0 Å². The van der Waals surface area contributed by atoms with Crippen LogP contribution in [0.25, 0.3) is 82.4 Å². The molecule has 0 fully saturated rings. The summed E-state index contributed by atoms with van der Waals surface area (Å²) in [7, 11) is 0. The Balaban J connectivity index is 1.08. The van der Waals surface area contributed by atoms with Crippen LogP contribution >= 0.6 is 0 Å². The molecule has 272 valence electrons. The van der Waals surface area contributed by atoms with Gasteiger partial charge in [-0.25, -0.2) is 0 Å². The number of para-hydroxylation sites is 2. The van der Waals surface area contributed by atoms with E-state index in [-0.39, 0.29) is 0 Å². The number of fused-ring (bicyclic) bond motifs is 6. The van der Waals surface area contributed by atoms with Crippen molar-refractivity contribution in [3.63, 3.8) is 0 Å². The highest BCUT2D eigenvalue weighted by molar-refractivity contribution is 6.17. The summed E-state index contributed by atoms with van der Waals surface area (Å²) < 4.78 is 2.39. The zero-order valence-corrected chi connectivity index (χ0v) is 31.8. The van der Waals surface area contributed by atoms with Crippen LogP contribution < -0.4 is 4.90 Å². The molecule has 0 radical (unpaired) electrons. The summed E-state index contributed by atoms with van der Waals surface area (Å²) in [5.74, 6) is 0. The summed E-state index contributed by atoms with van der Waals surface area (Å²) in [4.78, 5) is 2.44. The van der Waals surface area contributed by atoms with Crippen molar-refractivity contribution in [3.05, 3.63) is 231 Å². The zero-order valence-electron chi connectivity index (χ0n) is 31.8. The second-order valence-electron chi connectivity index (χ2n) is 14.9. The van der Waals surface area contributed by atoms with E-state index in [2.05, 4.69) is 240 Å². The van der Waals surface area contributed by atoms with Gasteiger partial charge >= 0.3 is 0 Å². The highest BCUT2D eigenvalue weighted by Gasteiger charge is 2.20. The molecule has 10 aromatic carbocycles. The first-order valence-electron chi connectivity index (χ1n) is 19.9. The first-order valence-corrected chi connectivity index (χ1v) is 19.9. The molecule has 0 N–H and O–H groups in total. The second kappa shape index (κ2) is 14.1. The van der Waals surface area contributed by atoms with Gasteiger partial charge in [0.2, 0.25) is 0 Å². The molecule has 0 aliphatic carbocycles. The van der Waals surface area contributed by atoms with E-state index in [0.717, 1.165) is 22.7 Å². The van der Waals surface area contributed by atoms with Gasteiger partial charge in [-0.1, -0.05) is 176 Å². The van der Waals surface area contributed by atoms with Crippen molar-refractivity contribution >= 4 is 60.4 Å². The normalized spacial score (nSPS) is 11.4. The molecule has 0 spiro atoms. The fraction of sp³-hybridized carbons (Fsp3) is 0. The Morgan fingerprint density at radius 3 is 1.59 bits per heavy atom. The largest absolute Gasteiger partial charge is 0.310 e. The number of aromatic nitrogens is 1. The minimum atomic E-state index is 1.10. The molecule has 0 aliphatic rings. The van der Waals surface area contributed by atoms with Crippen molar-refractivity contribution in [2.75, 3.05) is 4.90 Å². The average molecular weight is 739 g/mol. The lowest BCUT2D eigenvalue weighted by Crippen LogP contribution is -2.11. The average Bonchev–Trinajstić information content (AvgIpc) is 3.65. The minimum absolute atomic E-state index is 1.10. The molecule has 2 heteroatoms. The van der Waals surface area contributed by atoms with Crippen LogP contribution in [0.2, 0.25) is 0 Å². The van der Waals surface area contributed by atoms with Crippen LogP contribution in [-0.2, 0) is 0 Å². The number of benzene rings is 10.